The lowest BCUT2D eigenvalue weighted by Gasteiger charge is -2.08. The highest BCUT2D eigenvalue weighted by Crippen LogP contribution is 2.29. The molecule has 2 rings (SSSR count). The van der Waals surface area contributed by atoms with Crippen molar-refractivity contribution in [3.63, 3.8) is 0 Å². The van der Waals surface area contributed by atoms with Gasteiger partial charge in [0.15, 0.2) is 11.5 Å². The summed E-state index contributed by atoms with van der Waals surface area (Å²) in [5, 5.41) is 6.43. The van der Waals surface area contributed by atoms with Gasteiger partial charge in [0.05, 0.1) is 18.7 Å². The first-order valence-corrected chi connectivity index (χ1v) is 6.44. The van der Waals surface area contributed by atoms with Gasteiger partial charge in [0.25, 0.3) is 0 Å². The summed E-state index contributed by atoms with van der Waals surface area (Å²) in [5.41, 5.74) is -0.185. The monoisotopic (exact) mass is 314 g/mol. The Labute approximate surface area is 124 Å². The molecule has 118 valence electrons. The summed E-state index contributed by atoms with van der Waals surface area (Å²) in [6.45, 7) is 2.08. The molecule has 0 bridgehead atoms. The minimum Gasteiger partial charge on any atom is -0.461 e. The lowest BCUT2D eigenvalue weighted by molar-refractivity contribution is -0.137. The molecule has 0 saturated carbocycles. The summed E-state index contributed by atoms with van der Waals surface area (Å²) in [6, 6.07) is 5.99. The highest BCUT2D eigenvalue weighted by molar-refractivity contribution is 5.87. The van der Waals surface area contributed by atoms with Crippen LogP contribution in [-0.2, 0) is 17.5 Å². The van der Waals surface area contributed by atoms with Crippen molar-refractivity contribution in [2.24, 2.45) is 0 Å². The maximum atomic E-state index is 12.4. The third-order valence-electron chi connectivity index (χ3n) is 2.72. The molecule has 1 heterocycles. The minimum atomic E-state index is -4.36. The Hall–Kier alpha value is -2.51. The lowest BCUT2D eigenvalue weighted by Crippen LogP contribution is -2.05. The Morgan fingerprint density at radius 3 is 2.59 bits per heavy atom. The van der Waals surface area contributed by atoms with Gasteiger partial charge in [-0.15, -0.1) is 0 Å². The number of ether oxygens (including phenoxy) is 1. The molecule has 1 aromatic carbocycles. The van der Waals surface area contributed by atoms with Gasteiger partial charge in [-0.25, -0.2) is 4.79 Å². The quantitative estimate of drug-likeness (QED) is 0.856. The van der Waals surface area contributed by atoms with Gasteiger partial charge in [-0.1, -0.05) is 5.16 Å². The third-order valence-corrected chi connectivity index (χ3v) is 2.72. The fraction of sp³-hybridized carbons (Fsp3) is 0.286. The molecule has 8 heteroatoms. The Morgan fingerprint density at radius 2 is 2.00 bits per heavy atom. The smallest absolute Gasteiger partial charge is 0.416 e. The van der Waals surface area contributed by atoms with Crippen molar-refractivity contribution in [3.8, 4) is 0 Å². The van der Waals surface area contributed by atoms with E-state index >= 15 is 0 Å². The Bertz CT molecular complexity index is 636. The van der Waals surface area contributed by atoms with Crippen molar-refractivity contribution in [2.45, 2.75) is 19.6 Å². The number of esters is 1. The molecule has 0 unspecified atom stereocenters. The van der Waals surface area contributed by atoms with Crippen LogP contribution in [0.1, 0.15) is 28.7 Å². The van der Waals surface area contributed by atoms with Crippen molar-refractivity contribution in [2.75, 3.05) is 11.9 Å². The molecule has 22 heavy (non-hydrogen) atoms. The molecule has 0 atom stereocenters. The summed E-state index contributed by atoms with van der Waals surface area (Å²) >= 11 is 0. The van der Waals surface area contributed by atoms with Crippen LogP contribution in [-0.4, -0.2) is 17.7 Å². The second-order valence-electron chi connectivity index (χ2n) is 4.33. The number of halogens is 3. The fourth-order valence-corrected chi connectivity index (χ4v) is 1.66. The number of nitrogens with one attached hydrogen (secondary N) is 1. The Morgan fingerprint density at radius 1 is 1.32 bits per heavy atom. The van der Waals surface area contributed by atoms with Gasteiger partial charge < -0.3 is 14.6 Å². The fourth-order valence-electron chi connectivity index (χ4n) is 1.66. The maximum absolute atomic E-state index is 12.4. The highest BCUT2D eigenvalue weighted by Gasteiger charge is 2.29. The van der Waals surface area contributed by atoms with Crippen LogP contribution in [0.15, 0.2) is 34.9 Å². The molecule has 2 aromatic rings. The summed E-state index contributed by atoms with van der Waals surface area (Å²) in [5.74, 6) is -0.227. The lowest BCUT2D eigenvalue weighted by atomic mass is 10.2. The zero-order valence-electron chi connectivity index (χ0n) is 11.6. The molecule has 0 spiro atoms. The second-order valence-corrected chi connectivity index (χ2v) is 4.33. The Balaban J connectivity index is 1.94. The number of benzene rings is 1. The van der Waals surface area contributed by atoms with E-state index in [1.54, 1.807) is 6.92 Å². The largest absolute Gasteiger partial charge is 0.461 e. The summed E-state index contributed by atoms with van der Waals surface area (Å²) < 4.78 is 47.0. The molecule has 1 N–H and O–H groups in total. The molecule has 0 amide bonds. The number of hydrogen-bond donors (Lipinski definition) is 1. The van der Waals surface area contributed by atoms with Gasteiger partial charge in [0, 0.05) is 11.8 Å². The summed E-state index contributed by atoms with van der Waals surface area (Å²) in [6.07, 6.45) is -4.36. The van der Waals surface area contributed by atoms with Crippen molar-refractivity contribution >= 4 is 11.7 Å². The van der Waals surface area contributed by atoms with E-state index in [4.69, 9.17) is 9.26 Å². The molecular formula is C14H13F3N2O3. The van der Waals surface area contributed by atoms with E-state index in [2.05, 4.69) is 10.5 Å². The van der Waals surface area contributed by atoms with E-state index in [1.165, 1.54) is 18.2 Å². The predicted molar refractivity (Wildman–Crippen MR) is 71.2 cm³/mol. The normalized spacial score (nSPS) is 11.3. The molecule has 0 saturated heterocycles. The van der Waals surface area contributed by atoms with Crippen molar-refractivity contribution in [1.82, 2.24) is 5.16 Å². The van der Waals surface area contributed by atoms with Crippen molar-refractivity contribution < 1.29 is 27.2 Å². The van der Waals surface area contributed by atoms with Gasteiger partial charge >= 0.3 is 12.1 Å². The highest BCUT2D eigenvalue weighted by atomic mass is 19.4. The zero-order chi connectivity index (χ0) is 16.2. The number of carbonyl (C=O) groups excluding carboxylic acids is 1. The topological polar surface area (TPSA) is 64.4 Å². The van der Waals surface area contributed by atoms with E-state index in [0.29, 0.717) is 11.4 Å². The van der Waals surface area contributed by atoms with Crippen LogP contribution in [0.3, 0.4) is 0 Å². The van der Waals surface area contributed by atoms with E-state index in [0.717, 1.165) is 12.1 Å². The molecular weight excluding hydrogens is 301 g/mol. The average Bonchev–Trinajstić information content (AvgIpc) is 2.94. The number of anilines is 1. The molecule has 0 aliphatic heterocycles. The van der Waals surface area contributed by atoms with Crippen molar-refractivity contribution in [3.05, 3.63) is 47.3 Å². The number of nitrogens with zero attached hydrogens (tertiary/aromatic N) is 1. The predicted octanol–water partition coefficient (Wildman–Crippen LogP) is 3.48. The van der Waals surface area contributed by atoms with Crippen LogP contribution in [0.5, 0.6) is 0 Å². The van der Waals surface area contributed by atoms with Gasteiger partial charge in [-0.2, -0.15) is 13.2 Å². The maximum Gasteiger partial charge on any atom is 0.416 e. The number of hydrogen-bond acceptors (Lipinski definition) is 5. The second kappa shape index (κ2) is 6.50. The molecule has 0 radical (unpaired) electrons. The first kappa shape index (κ1) is 15.9. The molecule has 5 nitrogen and oxygen atoms in total. The van der Waals surface area contributed by atoms with Crippen molar-refractivity contribution in [1.29, 1.82) is 0 Å². The van der Waals surface area contributed by atoms with Crippen LogP contribution in [0.4, 0.5) is 18.9 Å². The van der Waals surface area contributed by atoms with Crippen LogP contribution in [0.2, 0.25) is 0 Å². The zero-order valence-corrected chi connectivity index (χ0v) is 11.6. The number of aromatic nitrogens is 1. The van der Waals surface area contributed by atoms with E-state index in [-0.39, 0.29) is 18.8 Å². The van der Waals surface area contributed by atoms with Gasteiger partial charge in [0.2, 0.25) is 0 Å². The SMILES string of the molecule is CCOC(=O)c1cc(CNc2ccc(C(F)(F)F)cc2)on1. The van der Waals surface area contributed by atoms with E-state index in [1.807, 2.05) is 0 Å². The van der Waals surface area contributed by atoms with E-state index in [9.17, 15) is 18.0 Å². The average molecular weight is 314 g/mol. The first-order chi connectivity index (χ1) is 10.4. The molecule has 0 fully saturated rings. The first-order valence-electron chi connectivity index (χ1n) is 6.44. The van der Waals surface area contributed by atoms with Crippen LogP contribution in [0, 0.1) is 0 Å². The van der Waals surface area contributed by atoms with Crippen LogP contribution < -0.4 is 5.32 Å². The molecule has 1 aromatic heterocycles. The number of rotatable bonds is 5. The van der Waals surface area contributed by atoms with Gasteiger partial charge in [-0.3, -0.25) is 0 Å². The minimum absolute atomic E-state index is 0.0473. The standard InChI is InChI=1S/C14H13F3N2O3/c1-2-21-13(20)12-7-11(22-19-12)8-18-10-5-3-9(4-6-10)14(15,16)17/h3-7,18H,2,8H2,1H3. The summed E-state index contributed by atoms with van der Waals surface area (Å²) in [4.78, 5) is 11.4. The Kier molecular flexibility index (Phi) is 4.69. The van der Waals surface area contributed by atoms with Crippen LogP contribution >= 0.6 is 0 Å². The molecule has 0 aliphatic rings. The van der Waals surface area contributed by atoms with E-state index < -0.39 is 17.7 Å². The summed E-state index contributed by atoms with van der Waals surface area (Å²) in [7, 11) is 0. The van der Waals surface area contributed by atoms with Gasteiger partial charge in [-0.05, 0) is 31.2 Å². The third kappa shape index (κ3) is 4.00. The molecule has 0 aliphatic carbocycles. The number of carbonyl (C=O) groups is 1. The van der Waals surface area contributed by atoms with Crippen LogP contribution in [0.25, 0.3) is 0 Å². The number of alkyl halides is 3. The van der Waals surface area contributed by atoms with Gasteiger partial charge in [0.1, 0.15) is 0 Å².